The van der Waals surface area contributed by atoms with Crippen LogP contribution in [0.5, 0.6) is 11.5 Å². The molecular weight excluding hydrogens is 486 g/mol. The minimum atomic E-state index is -3.92. The Hall–Kier alpha value is -4.64. The highest BCUT2D eigenvalue weighted by Crippen LogP contribution is 2.27. The lowest BCUT2D eigenvalue weighted by Gasteiger charge is -2.10. The molecule has 4 aromatic rings. The van der Waals surface area contributed by atoms with Crippen molar-refractivity contribution in [3.63, 3.8) is 0 Å². The van der Waals surface area contributed by atoms with Gasteiger partial charge >= 0.3 is 0 Å². The molecule has 184 valence electrons. The molecule has 0 heterocycles. The first-order chi connectivity index (χ1) is 17.1. The average Bonchev–Trinajstić information content (AvgIpc) is 2.84. The molecule has 4 rings (SSSR count). The van der Waals surface area contributed by atoms with E-state index in [1.807, 2.05) is 0 Å². The summed E-state index contributed by atoms with van der Waals surface area (Å²) in [6.45, 7) is 0.268. The summed E-state index contributed by atoms with van der Waals surface area (Å²) in [6, 6.07) is 18.7. The van der Waals surface area contributed by atoms with Crippen LogP contribution < -0.4 is 10.0 Å². The number of amides is 1. The standard InChI is InChI=1S/C25H21N3O7S/c29-21-8-3-17-15-24(30)23(14-18(17)13-21)25(31)26-12-11-16-1-4-19(5-2-16)27-36(34,35)22-9-6-20(7-10-22)28(32)33/h1-10,13-15,27,29-30H,11-12H2,(H,26,31). The largest absolute Gasteiger partial charge is 0.508 e. The van der Waals surface area contributed by atoms with E-state index in [9.17, 15) is 33.5 Å². The first-order valence-corrected chi connectivity index (χ1v) is 12.2. The first-order valence-electron chi connectivity index (χ1n) is 10.7. The number of nitro benzene ring substituents is 1. The molecule has 0 aliphatic heterocycles. The van der Waals surface area contributed by atoms with Gasteiger partial charge < -0.3 is 15.5 Å². The van der Waals surface area contributed by atoms with Gasteiger partial charge in [0.15, 0.2) is 0 Å². The number of carbonyl (C=O) groups is 1. The Labute approximate surface area is 206 Å². The normalized spacial score (nSPS) is 11.2. The molecule has 10 nitrogen and oxygen atoms in total. The summed E-state index contributed by atoms with van der Waals surface area (Å²) in [5.41, 5.74) is 1.02. The Morgan fingerprint density at radius 3 is 2.25 bits per heavy atom. The fourth-order valence-corrected chi connectivity index (χ4v) is 4.63. The van der Waals surface area contributed by atoms with Crippen molar-refractivity contribution in [1.82, 2.24) is 5.32 Å². The Morgan fingerprint density at radius 1 is 0.889 bits per heavy atom. The fourth-order valence-electron chi connectivity index (χ4n) is 3.57. The van der Waals surface area contributed by atoms with Gasteiger partial charge in [0.05, 0.1) is 15.4 Å². The molecule has 4 aromatic carbocycles. The molecule has 36 heavy (non-hydrogen) atoms. The lowest BCUT2D eigenvalue weighted by molar-refractivity contribution is -0.384. The van der Waals surface area contributed by atoms with Crippen LogP contribution in [0.1, 0.15) is 15.9 Å². The SMILES string of the molecule is O=C(NCCc1ccc(NS(=O)(=O)c2ccc([N+](=O)[O-])cc2)cc1)c1cc2cc(O)ccc2cc1O. The Balaban J connectivity index is 1.35. The summed E-state index contributed by atoms with van der Waals surface area (Å²) in [4.78, 5) is 22.6. The van der Waals surface area contributed by atoms with Crippen LogP contribution in [0.15, 0.2) is 83.8 Å². The van der Waals surface area contributed by atoms with Crippen LogP contribution in [-0.4, -0.2) is 36.0 Å². The van der Waals surface area contributed by atoms with Crippen molar-refractivity contribution >= 4 is 38.1 Å². The van der Waals surface area contributed by atoms with Crippen LogP contribution in [0.2, 0.25) is 0 Å². The Kier molecular flexibility index (Phi) is 6.75. The molecule has 0 aromatic heterocycles. The third-order valence-electron chi connectivity index (χ3n) is 5.45. The van der Waals surface area contributed by atoms with Gasteiger partial charge in [-0.2, -0.15) is 0 Å². The summed E-state index contributed by atoms with van der Waals surface area (Å²) in [5.74, 6) is -0.585. The summed E-state index contributed by atoms with van der Waals surface area (Å²) >= 11 is 0. The van der Waals surface area contributed by atoms with Gasteiger partial charge in [0.2, 0.25) is 0 Å². The third-order valence-corrected chi connectivity index (χ3v) is 6.84. The van der Waals surface area contributed by atoms with Gasteiger partial charge in [0.25, 0.3) is 21.6 Å². The molecule has 0 radical (unpaired) electrons. The molecule has 0 atom stereocenters. The monoisotopic (exact) mass is 507 g/mol. The van der Waals surface area contributed by atoms with E-state index in [0.29, 0.717) is 22.9 Å². The Morgan fingerprint density at radius 2 is 1.58 bits per heavy atom. The van der Waals surface area contributed by atoms with E-state index >= 15 is 0 Å². The van der Waals surface area contributed by atoms with Gasteiger partial charge in [-0.3, -0.25) is 19.6 Å². The van der Waals surface area contributed by atoms with Crippen molar-refractivity contribution in [2.24, 2.45) is 0 Å². The zero-order chi connectivity index (χ0) is 25.9. The van der Waals surface area contributed by atoms with Crippen molar-refractivity contribution in [2.45, 2.75) is 11.3 Å². The fraction of sp³-hybridized carbons (Fsp3) is 0.0800. The maximum Gasteiger partial charge on any atom is 0.269 e. The number of anilines is 1. The zero-order valence-electron chi connectivity index (χ0n) is 18.7. The van der Waals surface area contributed by atoms with Crippen molar-refractivity contribution < 1.29 is 28.3 Å². The second kappa shape index (κ2) is 9.92. The van der Waals surface area contributed by atoms with Gasteiger partial charge in [0, 0.05) is 24.4 Å². The number of nitro groups is 1. The van der Waals surface area contributed by atoms with E-state index in [1.165, 1.54) is 24.3 Å². The highest BCUT2D eigenvalue weighted by Gasteiger charge is 2.16. The van der Waals surface area contributed by atoms with Crippen molar-refractivity contribution in [2.75, 3.05) is 11.3 Å². The highest BCUT2D eigenvalue weighted by molar-refractivity contribution is 7.92. The molecule has 0 fully saturated rings. The number of hydrogen-bond donors (Lipinski definition) is 4. The summed E-state index contributed by atoms with van der Waals surface area (Å²) < 4.78 is 27.4. The molecular formula is C25H21N3O7S. The summed E-state index contributed by atoms with van der Waals surface area (Å²) in [5, 5.41) is 34.6. The molecule has 0 saturated heterocycles. The molecule has 0 bridgehead atoms. The molecule has 4 N–H and O–H groups in total. The van der Waals surface area contributed by atoms with E-state index in [1.54, 1.807) is 30.3 Å². The van der Waals surface area contributed by atoms with Crippen LogP contribution in [-0.2, 0) is 16.4 Å². The number of carbonyl (C=O) groups excluding carboxylic acids is 1. The predicted octanol–water partition coefficient (Wildman–Crippen LogP) is 3.93. The average molecular weight is 508 g/mol. The third kappa shape index (κ3) is 5.53. The number of fused-ring (bicyclic) bond motifs is 1. The number of rotatable bonds is 8. The van der Waals surface area contributed by atoms with Crippen LogP contribution in [0.4, 0.5) is 11.4 Å². The number of nitrogens with zero attached hydrogens (tertiary/aromatic N) is 1. The van der Waals surface area contributed by atoms with E-state index in [0.717, 1.165) is 29.8 Å². The van der Waals surface area contributed by atoms with Gasteiger partial charge in [-0.25, -0.2) is 8.42 Å². The summed E-state index contributed by atoms with van der Waals surface area (Å²) in [6.07, 6.45) is 0.455. The number of benzene rings is 4. The van der Waals surface area contributed by atoms with Gasteiger partial charge in [-0.15, -0.1) is 0 Å². The number of aromatic hydroxyl groups is 2. The molecule has 1 amide bonds. The smallest absolute Gasteiger partial charge is 0.269 e. The van der Waals surface area contributed by atoms with Gasteiger partial charge in [-0.05, 0) is 71.3 Å². The number of hydrogen-bond acceptors (Lipinski definition) is 7. The second-order valence-electron chi connectivity index (χ2n) is 7.96. The lowest BCUT2D eigenvalue weighted by Crippen LogP contribution is -2.25. The zero-order valence-corrected chi connectivity index (χ0v) is 19.5. The summed E-state index contributed by atoms with van der Waals surface area (Å²) in [7, 11) is -3.92. The van der Waals surface area contributed by atoms with Crippen LogP contribution in [0.3, 0.4) is 0 Å². The minimum absolute atomic E-state index is 0.0537. The topological polar surface area (TPSA) is 159 Å². The lowest BCUT2D eigenvalue weighted by atomic mass is 10.0. The van der Waals surface area contributed by atoms with E-state index in [-0.39, 0.29) is 34.2 Å². The van der Waals surface area contributed by atoms with Crippen LogP contribution in [0.25, 0.3) is 10.8 Å². The maximum atomic E-state index is 12.5. The molecule has 0 aliphatic rings. The van der Waals surface area contributed by atoms with Crippen LogP contribution in [0, 0.1) is 10.1 Å². The second-order valence-corrected chi connectivity index (χ2v) is 9.64. The number of non-ortho nitro benzene ring substituents is 1. The van der Waals surface area contributed by atoms with E-state index in [2.05, 4.69) is 10.0 Å². The maximum absolute atomic E-state index is 12.5. The molecule has 0 unspecified atom stereocenters. The molecule has 11 heteroatoms. The number of phenols is 2. The van der Waals surface area contributed by atoms with Crippen LogP contribution >= 0.6 is 0 Å². The van der Waals surface area contributed by atoms with E-state index in [4.69, 9.17) is 0 Å². The molecule has 0 aliphatic carbocycles. The number of nitrogens with one attached hydrogen (secondary N) is 2. The number of phenolic OH excluding ortho intramolecular Hbond substituents is 2. The van der Waals surface area contributed by atoms with Crippen molar-refractivity contribution in [3.05, 3.63) is 100 Å². The quantitative estimate of drug-likeness (QED) is 0.208. The molecule has 0 saturated carbocycles. The first kappa shape index (κ1) is 24.5. The van der Waals surface area contributed by atoms with Crippen molar-refractivity contribution in [1.29, 1.82) is 0 Å². The minimum Gasteiger partial charge on any atom is -0.508 e. The number of sulfonamides is 1. The molecule has 0 spiro atoms. The van der Waals surface area contributed by atoms with Gasteiger partial charge in [-0.1, -0.05) is 18.2 Å². The van der Waals surface area contributed by atoms with Gasteiger partial charge in [0.1, 0.15) is 11.5 Å². The Bertz CT molecular complexity index is 1550. The predicted molar refractivity (Wildman–Crippen MR) is 134 cm³/mol. The highest BCUT2D eigenvalue weighted by atomic mass is 32.2. The van der Waals surface area contributed by atoms with Crippen molar-refractivity contribution in [3.8, 4) is 11.5 Å². The van der Waals surface area contributed by atoms with E-state index < -0.39 is 20.9 Å².